The van der Waals surface area contributed by atoms with Gasteiger partial charge in [-0.1, -0.05) is 20.3 Å². The van der Waals surface area contributed by atoms with Crippen LogP contribution in [0.4, 0.5) is 0 Å². The van der Waals surface area contributed by atoms with E-state index in [-0.39, 0.29) is 5.60 Å². The van der Waals surface area contributed by atoms with Crippen LogP contribution in [0.1, 0.15) is 47.5 Å². The molecule has 1 atom stereocenters. The highest BCUT2D eigenvalue weighted by Crippen LogP contribution is 2.09. The first-order valence-corrected chi connectivity index (χ1v) is 5.67. The van der Waals surface area contributed by atoms with Crippen LogP contribution in [0.5, 0.6) is 0 Å². The molecule has 0 aromatic rings. The third-order valence-corrected chi connectivity index (χ3v) is 1.85. The summed E-state index contributed by atoms with van der Waals surface area (Å²) >= 11 is 0. The zero-order valence-electron chi connectivity index (χ0n) is 10.4. The smallest absolute Gasteiger partial charge is 0.0598 e. The van der Waals surface area contributed by atoms with Crippen molar-refractivity contribution in [2.75, 3.05) is 19.8 Å². The highest BCUT2D eigenvalue weighted by Gasteiger charge is 2.12. The number of rotatable bonds is 7. The van der Waals surface area contributed by atoms with Crippen LogP contribution >= 0.6 is 0 Å². The van der Waals surface area contributed by atoms with E-state index in [0.717, 1.165) is 26.2 Å². The van der Waals surface area contributed by atoms with Gasteiger partial charge in [0.15, 0.2) is 0 Å². The molecule has 2 nitrogen and oxygen atoms in total. The van der Waals surface area contributed by atoms with Gasteiger partial charge in [0.05, 0.1) is 18.8 Å². The third-order valence-electron chi connectivity index (χ3n) is 1.85. The van der Waals surface area contributed by atoms with Crippen molar-refractivity contribution in [3.8, 4) is 0 Å². The van der Waals surface area contributed by atoms with Crippen molar-refractivity contribution in [3.05, 3.63) is 0 Å². The van der Waals surface area contributed by atoms with Crippen LogP contribution in [0, 0.1) is 5.92 Å². The van der Waals surface area contributed by atoms with E-state index in [9.17, 15) is 0 Å². The minimum absolute atomic E-state index is 0.0301. The summed E-state index contributed by atoms with van der Waals surface area (Å²) in [5.41, 5.74) is -0.0301. The molecule has 1 unspecified atom stereocenters. The van der Waals surface area contributed by atoms with Gasteiger partial charge < -0.3 is 9.47 Å². The van der Waals surface area contributed by atoms with Gasteiger partial charge in [0.25, 0.3) is 0 Å². The molecular formula is C12H26O2. The van der Waals surface area contributed by atoms with E-state index in [2.05, 4.69) is 34.6 Å². The molecule has 0 rings (SSSR count). The Balaban J connectivity index is 3.32. The first kappa shape index (κ1) is 13.9. The molecule has 0 radical (unpaired) electrons. The summed E-state index contributed by atoms with van der Waals surface area (Å²) in [6, 6.07) is 0. The summed E-state index contributed by atoms with van der Waals surface area (Å²) in [4.78, 5) is 0. The number of hydrogen-bond donors (Lipinski definition) is 0. The summed E-state index contributed by atoms with van der Waals surface area (Å²) in [5.74, 6) is 0.492. The topological polar surface area (TPSA) is 18.5 Å². The zero-order chi connectivity index (χ0) is 11.0. The van der Waals surface area contributed by atoms with E-state index >= 15 is 0 Å². The van der Waals surface area contributed by atoms with E-state index in [0.29, 0.717) is 5.92 Å². The SMILES string of the molecule is CCCCOCC(C)COC(C)(C)C. The highest BCUT2D eigenvalue weighted by atomic mass is 16.5. The Labute approximate surface area is 89.0 Å². The van der Waals surface area contributed by atoms with E-state index in [4.69, 9.17) is 9.47 Å². The van der Waals surface area contributed by atoms with Gasteiger partial charge in [-0.3, -0.25) is 0 Å². The number of ether oxygens (including phenoxy) is 2. The second kappa shape index (κ2) is 7.24. The molecular weight excluding hydrogens is 176 g/mol. The van der Waals surface area contributed by atoms with Crippen LogP contribution in [-0.4, -0.2) is 25.4 Å². The first-order valence-electron chi connectivity index (χ1n) is 5.67. The van der Waals surface area contributed by atoms with Crippen molar-refractivity contribution in [2.45, 2.75) is 53.1 Å². The Morgan fingerprint density at radius 3 is 2.29 bits per heavy atom. The van der Waals surface area contributed by atoms with Gasteiger partial charge in [0.2, 0.25) is 0 Å². The lowest BCUT2D eigenvalue weighted by atomic mass is 10.1. The largest absolute Gasteiger partial charge is 0.381 e. The Bertz CT molecular complexity index is 127. The molecule has 0 heterocycles. The van der Waals surface area contributed by atoms with Crippen LogP contribution in [0.3, 0.4) is 0 Å². The standard InChI is InChI=1S/C12H26O2/c1-6-7-8-13-9-11(2)10-14-12(3,4)5/h11H,6-10H2,1-5H3. The molecule has 0 saturated carbocycles. The molecule has 0 N–H and O–H groups in total. The van der Waals surface area contributed by atoms with Gasteiger partial charge in [-0.05, 0) is 27.2 Å². The minimum Gasteiger partial charge on any atom is -0.381 e. The minimum atomic E-state index is -0.0301. The molecule has 14 heavy (non-hydrogen) atoms. The molecule has 0 aromatic heterocycles. The van der Waals surface area contributed by atoms with Crippen LogP contribution in [-0.2, 0) is 9.47 Å². The summed E-state index contributed by atoms with van der Waals surface area (Å²) in [6.45, 7) is 13.1. The van der Waals surface area contributed by atoms with Gasteiger partial charge in [-0.15, -0.1) is 0 Å². The summed E-state index contributed by atoms with van der Waals surface area (Å²) < 4.78 is 11.2. The van der Waals surface area contributed by atoms with Crippen molar-refractivity contribution in [1.29, 1.82) is 0 Å². The fourth-order valence-corrected chi connectivity index (χ4v) is 0.971. The van der Waals surface area contributed by atoms with E-state index < -0.39 is 0 Å². The van der Waals surface area contributed by atoms with Crippen LogP contribution in [0.2, 0.25) is 0 Å². The lowest BCUT2D eigenvalue weighted by Crippen LogP contribution is -2.24. The molecule has 86 valence electrons. The van der Waals surface area contributed by atoms with Crippen molar-refractivity contribution >= 4 is 0 Å². The quantitative estimate of drug-likeness (QED) is 0.590. The van der Waals surface area contributed by atoms with Crippen LogP contribution in [0.25, 0.3) is 0 Å². The van der Waals surface area contributed by atoms with Crippen molar-refractivity contribution in [3.63, 3.8) is 0 Å². The Morgan fingerprint density at radius 1 is 1.14 bits per heavy atom. The average Bonchev–Trinajstić information content (AvgIpc) is 2.08. The summed E-state index contributed by atoms with van der Waals surface area (Å²) in [5, 5.41) is 0. The van der Waals surface area contributed by atoms with Crippen LogP contribution < -0.4 is 0 Å². The van der Waals surface area contributed by atoms with Gasteiger partial charge in [0, 0.05) is 12.5 Å². The number of unbranched alkanes of at least 4 members (excludes halogenated alkanes) is 1. The fourth-order valence-electron chi connectivity index (χ4n) is 0.971. The molecule has 0 aliphatic rings. The summed E-state index contributed by atoms with van der Waals surface area (Å²) in [7, 11) is 0. The molecule has 0 fully saturated rings. The Morgan fingerprint density at radius 2 is 1.79 bits per heavy atom. The van der Waals surface area contributed by atoms with Gasteiger partial charge >= 0.3 is 0 Å². The van der Waals surface area contributed by atoms with E-state index in [1.165, 1.54) is 6.42 Å². The molecule has 0 saturated heterocycles. The van der Waals surface area contributed by atoms with E-state index in [1.807, 2.05) is 0 Å². The predicted octanol–water partition coefficient (Wildman–Crippen LogP) is 3.25. The maximum absolute atomic E-state index is 5.67. The fraction of sp³-hybridized carbons (Fsp3) is 1.00. The average molecular weight is 202 g/mol. The monoisotopic (exact) mass is 202 g/mol. The summed E-state index contributed by atoms with van der Waals surface area (Å²) in [6.07, 6.45) is 2.36. The second-order valence-electron chi connectivity index (χ2n) is 4.96. The molecule has 2 heteroatoms. The van der Waals surface area contributed by atoms with Crippen molar-refractivity contribution < 1.29 is 9.47 Å². The zero-order valence-corrected chi connectivity index (χ0v) is 10.4. The van der Waals surface area contributed by atoms with Crippen molar-refractivity contribution in [1.82, 2.24) is 0 Å². The number of hydrogen-bond acceptors (Lipinski definition) is 2. The van der Waals surface area contributed by atoms with Gasteiger partial charge in [0.1, 0.15) is 0 Å². The highest BCUT2D eigenvalue weighted by molar-refractivity contribution is 4.60. The molecule has 0 amide bonds. The maximum Gasteiger partial charge on any atom is 0.0598 e. The molecule has 0 bridgehead atoms. The van der Waals surface area contributed by atoms with Crippen molar-refractivity contribution in [2.24, 2.45) is 5.92 Å². The Hall–Kier alpha value is -0.0800. The molecule has 0 aliphatic heterocycles. The second-order valence-corrected chi connectivity index (χ2v) is 4.96. The first-order chi connectivity index (χ1) is 6.45. The van der Waals surface area contributed by atoms with Gasteiger partial charge in [-0.2, -0.15) is 0 Å². The van der Waals surface area contributed by atoms with Gasteiger partial charge in [-0.25, -0.2) is 0 Å². The van der Waals surface area contributed by atoms with E-state index in [1.54, 1.807) is 0 Å². The third kappa shape index (κ3) is 10.0. The van der Waals surface area contributed by atoms with Crippen LogP contribution in [0.15, 0.2) is 0 Å². The predicted molar refractivity (Wildman–Crippen MR) is 60.6 cm³/mol. The molecule has 0 aromatic carbocycles. The molecule has 0 aliphatic carbocycles. The Kier molecular flexibility index (Phi) is 7.20. The normalized spacial score (nSPS) is 14.4. The lowest BCUT2D eigenvalue weighted by molar-refractivity contribution is -0.0353. The molecule has 0 spiro atoms. The lowest BCUT2D eigenvalue weighted by Gasteiger charge is -2.22. The maximum atomic E-state index is 5.67.